The molecule has 0 aliphatic carbocycles. The Labute approximate surface area is 438 Å². The van der Waals surface area contributed by atoms with E-state index in [9.17, 15) is 0 Å². The molecule has 392 valence electrons. The molecule has 5 heterocycles. The van der Waals surface area contributed by atoms with Crippen molar-refractivity contribution in [3.8, 4) is 5.75 Å². The summed E-state index contributed by atoms with van der Waals surface area (Å²) in [4.78, 5) is 0. The molecule has 1 aliphatic rings. The molecule has 0 N–H and O–H groups in total. The van der Waals surface area contributed by atoms with Gasteiger partial charge in [-0.05, 0) is 145 Å². The monoisotopic (exact) mass is 983 g/mol. The van der Waals surface area contributed by atoms with E-state index in [1.165, 1.54) is 214 Å². The maximum Gasteiger partial charge on any atom is 0.173 e. The number of nitrogens with zero attached hydrogens (tertiary/aromatic N) is 4. The van der Waals surface area contributed by atoms with Crippen molar-refractivity contribution in [2.24, 2.45) is 0 Å². The van der Waals surface area contributed by atoms with Crippen LogP contribution in [-0.2, 0) is 61.3 Å². The highest BCUT2D eigenvalue weighted by Crippen LogP contribution is 2.17. The summed E-state index contributed by atoms with van der Waals surface area (Å²) in [5, 5.41) is 0. The Morgan fingerprint density at radius 3 is 1.18 bits per heavy atom. The van der Waals surface area contributed by atoms with Crippen molar-refractivity contribution in [3.63, 3.8) is 0 Å². The van der Waals surface area contributed by atoms with Crippen LogP contribution in [0.25, 0.3) is 0 Å². The number of aryl methyl sites for hydroxylation is 7. The number of pyridine rings is 4. The van der Waals surface area contributed by atoms with Crippen LogP contribution < -0.4 is 23.0 Å². The van der Waals surface area contributed by atoms with E-state index in [0.29, 0.717) is 0 Å². The van der Waals surface area contributed by atoms with Crippen LogP contribution in [0.2, 0.25) is 0 Å². The van der Waals surface area contributed by atoms with E-state index < -0.39 is 0 Å². The lowest BCUT2D eigenvalue weighted by atomic mass is 10.0. The van der Waals surface area contributed by atoms with Gasteiger partial charge in [0.15, 0.2) is 62.4 Å². The van der Waals surface area contributed by atoms with E-state index in [0.717, 1.165) is 58.0 Å². The maximum atomic E-state index is 5.88. The molecule has 6 rings (SSSR count). The Kier molecular flexibility index (Phi) is 28.8. The highest BCUT2D eigenvalue weighted by atomic mass is 16.7. The third-order valence-corrected chi connectivity index (χ3v) is 14.9. The van der Waals surface area contributed by atoms with Gasteiger partial charge < -0.3 is 14.2 Å². The molecule has 7 nitrogen and oxygen atoms in total. The standard InChI is InChI=1S/C65H98N4O3/c1-70-64-43-41-63(42-44-64)58-69-51-31-39-62(57-69)35-21-11-3-2-10-18-32-59-36-28-49-67(54-59)46-24-15-7-8-16-25-47-68-50-29-37-60(55-68)33-19-12-4-6-14-23-45-66-48-30-38-61(56-66)34-20-13-5-9-17-26-52-71-65-40-22-27-53-72-65/h28-31,36-39,41-44,48-51,54-57,65H,2-27,32-35,40,45-47,52-53,58H2,1H3/q+4. The Balaban J connectivity index is 0.692. The fourth-order valence-corrected chi connectivity index (χ4v) is 10.5. The van der Waals surface area contributed by atoms with Gasteiger partial charge in [0.2, 0.25) is 0 Å². The number of ether oxygens (including phenoxy) is 3. The summed E-state index contributed by atoms with van der Waals surface area (Å²) in [5.41, 5.74) is 7.22. The second-order valence-corrected chi connectivity index (χ2v) is 21.2. The molecule has 5 aromatic rings. The van der Waals surface area contributed by atoms with Crippen LogP contribution in [0.5, 0.6) is 5.75 Å². The third-order valence-electron chi connectivity index (χ3n) is 14.9. The molecule has 7 heteroatoms. The third kappa shape index (κ3) is 25.0. The fraction of sp³-hybridized carbons (Fsp3) is 0.600. The summed E-state index contributed by atoms with van der Waals surface area (Å²) < 4.78 is 26.4. The molecular formula is C65H98N4O3+4. The van der Waals surface area contributed by atoms with Crippen LogP contribution in [0.4, 0.5) is 0 Å². The van der Waals surface area contributed by atoms with Crippen molar-refractivity contribution in [3.05, 3.63) is 150 Å². The van der Waals surface area contributed by atoms with Crippen LogP contribution in [0.3, 0.4) is 0 Å². The van der Waals surface area contributed by atoms with Crippen molar-refractivity contribution in [1.29, 1.82) is 0 Å². The molecule has 1 saturated heterocycles. The lowest BCUT2D eigenvalue weighted by Gasteiger charge is -2.22. The molecule has 1 unspecified atom stereocenters. The van der Waals surface area contributed by atoms with Crippen molar-refractivity contribution in [1.82, 2.24) is 0 Å². The quantitative estimate of drug-likeness (QED) is 0.0290. The van der Waals surface area contributed by atoms with Crippen LogP contribution in [0, 0.1) is 0 Å². The van der Waals surface area contributed by atoms with E-state index in [-0.39, 0.29) is 6.29 Å². The van der Waals surface area contributed by atoms with Crippen LogP contribution in [0.1, 0.15) is 201 Å². The van der Waals surface area contributed by atoms with Gasteiger partial charge in [0.05, 0.1) is 7.11 Å². The number of unbranched alkanes of at least 4 members (excludes halogenated alkanes) is 20. The van der Waals surface area contributed by atoms with E-state index in [4.69, 9.17) is 14.2 Å². The number of hydrogen-bond acceptors (Lipinski definition) is 3. The normalized spacial score (nSPS) is 13.7. The predicted molar refractivity (Wildman–Crippen MR) is 294 cm³/mol. The smallest absolute Gasteiger partial charge is 0.173 e. The van der Waals surface area contributed by atoms with Crippen molar-refractivity contribution >= 4 is 0 Å². The Bertz CT molecular complexity index is 2140. The first kappa shape index (κ1) is 56.8. The zero-order chi connectivity index (χ0) is 49.8. The zero-order valence-corrected chi connectivity index (χ0v) is 45.3. The number of methoxy groups -OCH3 is 1. The zero-order valence-electron chi connectivity index (χ0n) is 45.3. The van der Waals surface area contributed by atoms with Gasteiger partial charge in [0, 0.05) is 84.6 Å². The minimum absolute atomic E-state index is 0.0666. The minimum Gasteiger partial charge on any atom is -0.497 e. The van der Waals surface area contributed by atoms with E-state index in [1.807, 2.05) is 12.1 Å². The van der Waals surface area contributed by atoms with Gasteiger partial charge in [-0.2, -0.15) is 0 Å². The summed E-state index contributed by atoms with van der Waals surface area (Å²) in [5.74, 6) is 0.910. The van der Waals surface area contributed by atoms with Crippen molar-refractivity contribution < 1.29 is 32.5 Å². The van der Waals surface area contributed by atoms with Gasteiger partial charge in [-0.3, -0.25) is 0 Å². The number of rotatable bonds is 40. The molecule has 0 radical (unpaired) electrons. The number of benzene rings is 1. The van der Waals surface area contributed by atoms with E-state index in [1.54, 1.807) is 7.11 Å². The Morgan fingerprint density at radius 2 is 0.778 bits per heavy atom. The van der Waals surface area contributed by atoms with Crippen molar-refractivity contribution in [2.75, 3.05) is 20.3 Å². The van der Waals surface area contributed by atoms with Gasteiger partial charge in [-0.15, -0.1) is 0 Å². The topological polar surface area (TPSA) is 43.2 Å². The van der Waals surface area contributed by atoms with Gasteiger partial charge in [0.25, 0.3) is 0 Å². The van der Waals surface area contributed by atoms with Gasteiger partial charge in [0.1, 0.15) is 25.4 Å². The fourth-order valence-electron chi connectivity index (χ4n) is 10.5. The average molecular weight is 984 g/mol. The van der Waals surface area contributed by atoms with Crippen LogP contribution in [-0.4, -0.2) is 26.6 Å². The van der Waals surface area contributed by atoms with Crippen molar-refractivity contribution in [2.45, 2.75) is 232 Å². The molecule has 0 saturated carbocycles. The lowest BCUT2D eigenvalue weighted by molar-refractivity contribution is -0.698. The molecule has 1 atom stereocenters. The lowest BCUT2D eigenvalue weighted by Crippen LogP contribution is -2.33. The molecule has 1 aliphatic heterocycles. The summed E-state index contributed by atoms with van der Waals surface area (Å²) in [6.45, 7) is 6.06. The van der Waals surface area contributed by atoms with Crippen LogP contribution in [0.15, 0.2) is 122 Å². The summed E-state index contributed by atoms with van der Waals surface area (Å²) in [6, 6.07) is 26.6. The average Bonchev–Trinajstić information content (AvgIpc) is 3.41. The number of hydrogen-bond donors (Lipinski definition) is 0. The first-order valence-corrected chi connectivity index (χ1v) is 29.5. The first-order chi connectivity index (χ1) is 35.7. The maximum absolute atomic E-state index is 5.88. The second kappa shape index (κ2) is 36.5. The molecule has 0 spiro atoms. The Morgan fingerprint density at radius 1 is 0.403 bits per heavy atom. The first-order valence-electron chi connectivity index (χ1n) is 29.5. The molecule has 1 aromatic carbocycles. The molecule has 0 bridgehead atoms. The Hall–Kier alpha value is -4.46. The van der Waals surface area contributed by atoms with Crippen LogP contribution >= 0.6 is 0 Å². The highest BCUT2D eigenvalue weighted by Gasteiger charge is 2.14. The summed E-state index contributed by atoms with van der Waals surface area (Å²) >= 11 is 0. The molecule has 72 heavy (non-hydrogen) atoms. The largest absolute Gasteiger partial charge is 0.497 e. The van der Waals surface area contributed by atoms with Gasteiger partial charge in [-0.1, -0.05) is 83.5 Å². The summed E-state index contributed by atoms with van der Waals surface area (Å²) in [6.07, 6.45) is 58.4. The second-order valence-electron chi connectivity index (χ2n) is 21.2. The van der Waals surface area contributed by atoms with E-state index in [2.05, 4.69) is 129 Å². The SMILES string of the molecule is COc1ccc(C[n+]2cccc(CCCCCCCCc3ccc[n+](CCCCCCCC[n+]4cccc(CCCCCCCC[n+]5cccc(CCCCCCCCOC6CCCCO6)c5)c4)c3)c2)cc1. The molecule has 0 amide bonds. The summed E-state index contributed by atoms with van der Waals surface area (Å²) in [7, 11) is 1.72. The number of aromatic nitrogens is 4. The minimum atomic E-state index is 0.0666. The van der Waals surface area contributed by atoms with E-state index >= 15 is 0 Å². The molecular weight excluding hydrogens is 885 g/mol. The molecule has 4 aromatic heterocycles. The van der Waals surface area contributed by atoms with Gasteiger partial charge in [-0.25, -0.2) is 18.3 Å². The predicted octanol–water partition coefficient (Wildman–Crippen LogP) is 14.1. The molecule has 1 fully saturated rings. The highest BCUT2D eigenvalue weighted by molar-refractivity contribution is 5.26. The van der Waals surface area contributed by atoms with Gasteiger partial charge >= 0.3 is 0 Å².